The highest BCUT2D eigenvalue weighted by atomic mass is 19.4. The Kier molecular flexibility index (Phi) is 9.57. The Labute approximate surface area is 222 Å². The first kappa shape index (κ1) is 31.4. The molecule has 2 aliphatic rings. The van der Waals surface area contributed by atoms with Gasteiger partial charge in [0.15, 0.2) is 0 Å². The number of hydrogen-bond acceptors (Lipinski definition) is 6. The zero-order valence-electron chi connectivity index (χ0n) is 20.8. The van der Waals surface area contributed by atoms with Gasteiger partial charge in [-0.1, -0.05) is 6.07 Å². The molecule has 1 aromatic carbocycles. The third kappa shape index (κ3) is 8.20. The molecule has 2 fully saturated rings. The van der Waals surface area contributed by atoms with Gasteiger partial charge in [0.2, 0.25) is 0 Å². The highest BCUT2D eigenvalue weighted by molar-refractivity contribution is 5.76. The Morgan fingerprint density at radius 1 is 0.900 bits per heavy atom. The number of anilines is 1. The number of hydrogen-bond donors (Lipinski definition) is 0. The summed E-state index contributed by atoms with van der Waals surface area (Å²) in [6, 6.07) is 3.19. The van der Waals surface area contributed by atoms with E-state index in [2.05, 4.69) is 9.91 Å². The second-order valence-corrected chi connectivity index (χ2v) is 9.57. The third-order valence-corrected chi connectivity index (χ3v) is 6.77. The van der Waals surface area contributed by atoms with Crippen molar-refractivity contribution < 1.29 is 53.8 Å². The minimum atomic E-state index is -5.84. The lowest BCUT2D eigenvalue weighted by atomic mass is 9.92. The van der Waals surface area contributed by atoms with Gasteiger partial charge in [0.25, 0.3) is 12.0 Å². The van der Waals surface area contributed by atoms with E-state index in [-0.39, 0.29) is 50.7 Å². The van der Waals surface area contributed by atoms with Gasteiger partial charge in [-0.05, 0) is 36.5 Å². The first-order valence-corrected chi connectivity index (χ1v) is 12.1. The van der Waals surface area contributed by atoms with E-state index >= 15 is 0 Å². The lowest BCUT2D eigenvalue weighted by molar-refractivity contribution is -0.308. The zero-order valence-corrected chi connectivity index (χ0v) is 20.8. The Bertz CT molecular complexity index is 1050. The molecule has 0 unspecified atom stereocenters. The number of halogens is 9. The molecular formula is C23H25F9N4O4. The number of nitroso groups, excluding NO2 is 1. The summed E-state index contributed by atoms with van der Waals surface area (Å²) in [5.74, 6) is -0.939. The molecule has 1 aromatic rings. The number of carbonyl (C=O) groups is 2. The van der Waals surface area contributed by atoms with Crippen molar-refractivity contribution in [2.45, 2.75) is 50.4 Å². The number of piperidine rings is 1. The summed E-state index contributed by atoms with van der Waals surface area (Å²) in [6.07, 6.45) is -21.5. The summed E-state index contributed by atoms with van der Waals surface area (Å²) in [7, 11) is 0. The normalized spacial score (nSPS) is 18.2. The molecule has 0 saturated carbocycles. The number of benzene rings is 1. The van der Waals surface area contributed by atoms with Crippen LogP contribution in [-0.2, 0) is 22.3 Å². The molecule has 3 rings (SSSR count). The van der Waals surface area contributed by atoms with Crippen LogP contribution >= 0.6 is 0 Å². The van der Waals surface area contributed by atoms with Gasteiger partial charge in [-0.15, -0.1) is 4.91 Å². The molecule has 0 radical (unpaired) electrons. The van der Waals surface area contributed by atoms with Crippen LogP contribution in [0.3, 0.4) is 0 Å². The van der Waals surface area contributed by atoms with Gasteiger partial charge < -0.3 is 14.5 Å². The van der Waals surface area contributed by atoms with Crippen LogP contribution in [0, 0.1) is 10.8 Å². The molecular weight excluding hydrogens is 567 g/mol. The predicted molar refractivity (Wildman–Crippen MR) is 121 cm³/mol. The van der Waals surface area contributed by atoms with Crippen molar-refractivity contribution in [2.75, 3.05) is 44.2 Å². The van der Waals surface area contributed by atoms with Gasteiger partial charge in [0, 0.05) is 63.1 Å². The Hall–Kier alpha value is -3.11. The van der Waals surface area contributed by atoms with E-state index in [4.69, 9.17) is 0 Å². The molecule has 224 valence electrons. The van der Waals surface area contributed by atoms with Crippen LogP contribution in [0.25, 0.3) is 0 Å². The largest absolute Gasteiger partial charge is 0.434 e. The second kappa shape index (κ2) is 12.2. The van der Waals surface area contributed by atoms with Crippen LogP contribution in [0.1, 0.15) is 30.4 Å². The summed E-state index contributed by atoms with van der Waals surface area (Å²) < 4.78 is 120. The van der Waals surface area contributed by atoms with Crippen molar-refractivity contribution in [3.63, 3.8) is 0 Å². The molecule has 17 heteroatoms. The molecule has 0 N–H and O–H groups in total. The summed E-state index contributed by atoms with van der Waals surface area (Å²) in [6.45, 7) is 0.220. The number of piperazine rings is 1. The van der Waals surface area contributed by atoms with Crippen molar-refractivity contribution in [3.05, 3.63) is 34.2 Å². The first-order chi connectivity index (χ1) is 18.5. The topological polar surface area (TPSA) is 82.5 Å². The fraction of sp³-hybridized carbons (Fsp3) is 0.652. The molecule has 8 nitrogen and oxygen atoms in total. The van der Waals surface area contributed by atoms with Crippen molar-refractivity contribution in [1.29, 1.82) is 0 Å². The summed E-state index contributed by atoms with van der Waals surface area (Å²) in [5, 5.41) is 2.36. The van der Waals surface area contributed by atoms with Gasteiger partial charge in [0.1, 0.15) is 0 Å². The fourth-order valence-corrected chi connectivity index (χ4v) is 4.65. The smallest absolute Gasteiger partial charge is 0.426 e. The van der Waals surface area contributed by atoms with Gasteiger partial charge in [-0.25, -0.2) is 4.79 Å². The van der Waals surface area contributed by atoms with Crippen LogP contribution in [0.5, 0.6) is 0 Å². The average Bonchev–Trinajstić information content (AvgIpc) is 2.86. The van der Waals surface area contributed by atoms with E-state index in [0.717, 1.165) is 12.1 Å². The van der Waals surface area contributed by atoms with Gasteiger partial charge in [-0.2, -0.15) is 39.5 Å². The zero-order chi connectivity index (χ0) is 29.9. The first-order valence-electron chi connectivity index (χ1n) is 12.1. The maximum Gasteiger partial charge on any atom is 0.434 e. The van der Waals surface area contributed by atoms with Crippen molar-refractivity contribution >= 4 is 17.7 Å². The molecule has 2 aliphatic heterocycles. The standard InChI is InChI=1S/C23H25F9N4O4/c24-21(25,26)16-2-1-15(17(12-16)35-5-3-14(4-6-35)11-18(37)33-39)13-34-7-9-36(10-8-34)20(38)40-19(22(27,28)29)23(30,31)32/h1-2,12,14,19H,3-11,13H2. The lowest BCUT2D eigenvalue weighted by Gasteiger charge is -2.37. The quantitative estimate of drug-likeness (QED) is 0.327. The molecule has 0 aliphatic carbocycles. The van der Waals surface area contributed by atoms with E-state index in [0.29, 0.717) is 36.4 Å². The van der Waals surface area contributed by atoms with E-state index in [9.17, 15) is 54.0 Å². The Balaban J connectivity index is 1.67. The summed E-state index contributed by atoms with van der Waals surface area (Å²) in [4.78, 5) is 37.8. The molecule has 0 spiro atoms. The van der Waals surface area contributed by atoms with Crippen LogP contribution < -0.4 is 4.90 Å². The third-order valence-electron chi connectivity index (χ3n) is 6.77. The minimum absolute atomic E-state index is 0.0150. The van der Waals surface area contributed by atoms with Crippen molar-refractivity contribution in [1.82, 2.24) is 9.80 Å². The number of nitrogens with zero attached hydrogens (tertiary/aromatic N) is 4. The van der Waals surface area contributed by atoms with E-state index in [1.165, 1.54) is 6.07 Å². The van der Waals surface area contributed by atoms with E-state index in [1.807, 2.05) is 0 Å². The van der Waals surface area contributed by atoms with Crippen LogP contribution in [0.2, 0.25) is 0 Å². The number of amides is 2. The summed E-state index contributed by atoms with van der Waals surface area (Å²) in [5.41, 5.74) is -0.111. The molecule has 0 bridgehead atoms. The lowest BCUT2D eigenvalue weighted by Crippen LogP contribution is -2.52. The maximum atomic E-state index is 13.4. The molecule has 2 amide bonds. The van der Waals surface area contributed by atoms with E-state index < -0.39 is 42.2 Å². The SMILES string of the molecule is O=NC(=O)CC1CCN(c2cc(C(F)(F)F)ccc2CN2CCN(C(=O)OC(C(F)(F)F)C(F)(F)F)CC2)CC1. The van der Waals surface area contributed by atoms with Crippen LogP contribution in [-0.4, -0.2) is 79.5 Å². The Morgan fingerprint density at radius 3 is 1.98 bits per heavy atom. The maximum absolute atomic E-state index is 13.4. The molecule has 0 aromatic heterocycles. The molecule has 2 saturated heterocycles. The summed E-state index contributed by atoms with van der Waals surface area (Å²) >= 11 is 0. The van der Waals surface area contributed by atoms with Gasteiger partial charge >= 0.3 is 24.6 Å². The minimum Gasteiger partial charge on any atom is -0.426 e. The monoisotopic (exact) mass is 592 g/mol. The Morgan fingerprint density at radius 2 is 1.48 bits per heavy atom. The molecule has 40 heavy (non-hydrogen) atoms. The highest BCUT2D eigenvalue weighted by Gasteiger charge is 2.60. The van der Waals surface area contributed by atoms with E-state index in [1.54, 1.807) is 9.80 Å². The number of alkyl halides is 9. The number of carbonyl (C=O) groups excluding carboxylic acids is 2. The van der Waals surface area contributed by atoms with Crippen LogP contribution in [0.15, 0.2) is 23.4 Å². The van der Waals surface area contributed by atoms with Gasteiger partial charge in [-0.3, -0.25) is 9.69 Å². The molecule has 0 atom stereocenters. The fourth-order valence-electron chi connectivity index (χ4n) is 4.65. The molecule has 2 heterocycles. The second-order valence-electron chi connectivity index (χ2n) is 9.57. The van der Waals surface area contributed by atoms with Crippen LogP contribution in [0.4, 0.5) is 50.0 Å². The van der Waals surface area contributed by atoms with Crippen molar-refractivity contribution in [3.8, 4) is 0 Å². The van der Waals surface area contributed by atoms with Crippen molar-refractivity contribution in [2.24, 2.45) is 11.1 Å². The average molecular weight is 592 g/mol. The predicted octanol–water partition coefficient (Wildman–Crippen LogP) is 5.35. The highest BCUT2D eigenvalue weighted by Crippen LogP contribution is 2.37. The number of rotatable bonds is 6. The number of ether oxygens (including phenoxy) is 1. The van der Waals surface area contributed by atoms with Gasteiger partial charge in [0.05, 0.1) is 5.56 Å².